The van der Waals surface area contributed by atoms with E-state index in [4.69, 9.17) is 4.74 Å². The van der Waals surface area contributed by atoms with Crippen LogP contribution < -0.4 is 5.32 Å². The summed E-state index contributed by atoms with van der Waals surface area (Å²) in [7, 11) is 1.76. The van der Waals surface area contributed by atoms with Gasteiger partial charge < -0.3 is 15.0 Å². The number of benzene rings is 1. The number of rotatable bonds is 5. The molecule has 7 heteroatoms. The number of thiazole rings is 1. The maximum atomic E-state index is 13.3. The highest BCUT2D eigenvalue weighted by atomic mass is 32.1. The van der Waals surface area contributed by atoms with Crippen LogP contribution in [0.25, 0.3) is 0 Å². The lowest BCUT2D eigenvalue weighted by atomic mass is 9.74. The van der Waals surface area contributed by atoms with Gasteiger partial charge in [0.25, 0.3) is 0 Å². The molecule has 1 aromatic heterocycles. The van der Waals surface area contributed by atoms with Crippen molar-refractivity contribution in [1.29, 1.82) is 0 Å². The van der Waals surface area contributed by atoms with Crippen LogP contribution in [0.3, 0.4) is 0 Å². The second-order valence-electron chi connectivity index (χ2n) is 6.77. The lowest BCUT2D eigenvalue weighted by Gasteiger charge is -2.38. The Balaban J connectivity index is 1.65. The van der Waals surface area contributed by atoms with Crippen LogP contribution in [0.5, 0.6) is 0 Å². The van der Waals surface area contributed by atoms with E-state index in [0.29, 0.717) is 26.3 Å². The number of aromatic nitrogens is 1. The first-order chi connectivity index (χ1) is 12.5. The van der Waals surface area contributed by atoms with Crippen molar-refractivity contribution in [3.63, 3.8) is 0 Å². The van der Waals surface area contributed by atoms with E-state index in [2.05, 4.69) is 10.3 Å². The molecule has 5 nitrogen and oxygen atoms in total. The van der Waals surface area contributed by atoms with Gasteiger partial charge in [0.05, 0.1) is 17.2 Å². The molecule has 3 rings (SSSR count). The molecule has 26 heavy (non-hydrogen) atoms. The Morgan fingerprint density at radius 2 is 2.04 bits per heavy atom. The molecule has 1 N–H and O–H groups in total. The minimum Gasteiger partial charge on any atom is -0.381 e. The van der Waals surface area contributed by atoms with Gasteiger partial charge in [0.1, 0.15) is 5.82 Å². The molecular formula is C19H24FN3O2S. The molecule has 1 fully saturated rings. The average molecular weight is 377 g/mol. The minimum atomic E-state index is -0.252. The fraction of sp³-hybridized carbons (Fsp3) is 0.474. The topological polar surface area (TPSA) is 54.5 Å². The molecule has 0 aliphatic carbocycles. The van der Waals surface area contributed by atoms with E-state index in [9.17, 15) is 9.18 Å². The van der Waals surface area contributed by atoms with Crippen molar-refractivity contribution in [2.24, 2.45) is 0 Å². The number of amides is 2. The Morgan fingerprint density at radius 1 is 1.35 bits per heavy atom. The molecule has 0 radical (unpaired) electrons. The summed E-state index contributed by atoms with van der Waals surface area (Å²) < 4.78 is 18.8. The first kappa shape index (κ1) is 18.8. The van der Waals surface area contributed by atoms with Crippen LogP contribution in [0.4, 0.5) is 9.18 Å². The molecule has 2 aromatic rings. The molecule has 2 heterocycles. The molecule has 0 atom stereocenters. The molecule has 140 valence electrons. The number of hydrogen-bond donors (Lipinski definition) is 1. The van der Waals surface area contributed by atoms with Gasteiger partial charge in [-0.05, 0) is 37.5 Å². The summed E-state index contributed by atoms with van der Waals surface area (Å²) in [5.41, 5.74) is 1.71. The summed E-state index contributed by atoms with van der Waals surface area (Å²) in [6.45, 7) is 4.21. The van der Waals surface area contributed by atoms with Gasteiger partial charge in [-0.25, -0.2) is 14.2 Å². The molecule has 0 saturated carbocycles. The summed E-state index contributed by atoms with van der Waals surface area (Å²) in [4.78, 5) is 18.6. The van der Waals surface area contributed by atoms with Crippen molar-refractivity contribution in [2.75, 3.05) is 26.8 Å². The number of urea groups is 1. The van der Waals surface area contributed by atoms with Gasteiger partial charge in [-0.3, -0.25) is 0 Å². The zero-order chi connectivity index (χ0) is 18.6. The lowest BCUT2D eigenvalue weighted by molar-refractivity contribution is 0.0502. The van der Waals surface area contributed by atoms with E-state index < -0.39 is 0 Å². The fourth-order valence-corrected chi connectivity index (χ4v) is 3.91. The summed E-state index contributed by atoms with van der Waals surface area (Å²) in [5.74, 6) is -0.252. The number of nitrogens with one attached hydrogen (secondary N) is 1. The SMILES string of the molecule is Cc1nc(CN(C)C(=O)NCC2(c3ccc(F)cc3)CCOCC2)cs1. The molecular weight excluding hydrogens is 353 g/mol. The van der Waals surface area contributed by atoms with Crippen LogP contribution in [0.2, 0.25) is 0 Å². The number of aryl methyl sites for hydroxylation is 1. The molecule has 0 bridgehead atoms. The second-order valence-corrected chi connectivity index (χ2v) is 7.83. The van der Waals surface area contributed by atoms with E-state index in [1.165, 1.54) is 12.1 Å². The second kappa shape index (κ2) is 8.14. The third-order valence-corrected chi connectivity index (χ3v) is 5.72. The number of halogens is 1. The molecule has 0 spiro atoms. The van der Waals surface area contributed by atoms with Crippen molar-refractivity contribution < 1.29 is 13.9 Å². The number of nitrogens with zero attached hydrogens (tertiary/aromatic N) is 2. The van der Waals surface area contributed by atoms with Crippen molar-refractivity contribution in [1.82, 2.24) is 15.2 Å². The molecule has 1 aliphatic heterocycles. The maximum absolute atomic E-state index is 13.3. The van der Waals surface area contributed by atoms with Crippen LogP contribution in [0.1, 0.15) is 29.1 Å². The summed E-state index contributed by atoms with van der Waals surface area (Å²) in [6, 6.07) is 6.45. The van der Waals surface area contributed by atoms with Gasteiger partial charge in [-0.15, -0.1) is 11.3 Å². The highest BCUT2D eigenvalue weighted by Crippen LogP contribution is 2.34. The van der Waals surface area contributed by atoms with E-state index in [-0.39, 0.29) is 17.3 Å². The van der Waals surface area contributed by atoms with E-state index in [0.717, 1.165) is 29.1 Å². The molecule has 1 aliphatic rings. The van der Waals surface area contributed by atoms with Crippen LogP contribution in [0, 0.1) is 12.7 Å². The van der Waals surface area contributed by atoms with Gasteiger partial charge in [0.2, 0.25) is 0 Å². The standard InChI is InChI=1S/C19H24FN3O2S/c1-14-22-17(12-26-14)11-23(2)18(24)21-13-19(7-9-25-10-8-19)15-3-5-16(20)6-4-15/h3-6,12H,7-11,13H2,1-2H3,(H,21,24). The van der Waals surface area contributed by atoms with Crippen molar-refractivity contribution >= 4 is 17.4 Å². The van der Waals surface area contributed by atoms with Crippen LogP contribution >= 0.6 is 11.3 Å². The van der Waals surface area contributed by atoms with Crippen molar-refractivity contribution in [3.8, 4) is 0 Å². The Bertz CT molecular complexity index is 741. The van der Waals surface area contributed by atoms with Gasteiger partial charge in [-0.2, -0.15) is 0 Å². The highest BCUT2D eigenvalue weighted by molar-refractivity contribution is 7.09. The fourth-order valence-electron chi connectivity index (χ4n) is 3.31. The molecule has 0 unspecified atom stereocenters. The van der Waals surface area contributed by atoms with Crippen molar-refractivity contribution in [2.45, 2.75) is 31.7 Å². The Morgan fingerprint density at radius 3 is 2.65 bits per heavy atom. The monoisotopic (exact) mass is 377 g/mol. The van der Waals surface area contributed by atoms with Gasteiger partial charge in [0, 0.05) is 37.6 Å². The van der Waals surface area contributed by atoms with Crippen LogP contribution in [-0.4, -0.2) is 42.7 Å². The first-order valence-electron chi connectivity index (χ1n) is 8.72. The van der Waals surface area contributed by atoms with E-state index in [1.807, 2.05) is 24.4 Å². The van der Waals surface area contributed by atoms with Crippen LogP contribution in [-0.2, 0) is 16.7 Å². The van der Waals surface area contributed by atoms with Gasteiger partial charge in [0.15, 0.2) is 0 Å². The Labute approximate surface area is 157 Å². The van der Waals surface area contributed by atoms with Gasteiger partial charge >= 0.3 is 6.03 Å². The maximum Gasteiger partial charge on any atom is 0.317 e. The summed E-state index contributed by atoms with van der Waals surface area (Å²) in [5, 5.41) is 6.01. The quantitative estimate of drug-likeness (QED) is 0.868. The smallest absolute Gasteiger partial charge is 0.317 e. The zero-order valence-electron chi connectivity index (χ0n) is 15.1. The predicted molar refractivity (Wildman–Crippen MR) is 99.8 cm³/mol. The largest absolute Gasteiger partial charge is 0.381 e. The Hall–Kier alpha value is -1.99. The predicted octanol–water partition coefficient (Wildman–Crippen LogP) is 3.48. The van der Waals surface area contributed by atoms with Crippen molar-refractivity contribution in [3.05, 3.63) is 51.7 Å². The van der Waals surface area contributed by atoms with E-state index >= 15 is 0 Å². The van der Waals surface area contributed by atoms with Crippen LogP contribution in [0.15, 0.2) is 29.6 Å². The average Bonchev–Trinajstić information content (AvgIpc) is 3.05. The number of hydrogen-bond acceptors (Lipinski definition) is 4. The highest BCUT2D eigenvalue weighted by Gasteiger charge is 2.35. The number of carbonyl (C=O) groups excluding carboxylic acids is 1. The summed E-state index contributed by atoms with van der Waals surface area (Å²) >= 11 is 1.58. The summed E-state index contributed by atoms with van der Waals surface area (Å²) in [6.07, 6.45) is 1.60. The molecule has 2 amide bonds. The normalized spacial score (nSPS) is 16.3. The molecule has 1 aromatic carbocycles. The Kier molecular flexibility index (Phi) is 5.88. The third-order valence-electron chi connectivity index (χ3n) is 4.90. The number of carbonyl (C=O) groups is 1. The third kappa shape index (κ3) is 4.40. The molecule has 1 saturated heterocycles. The lowest BCUT2D eigenvalue weighted by Crippen LogP contribution is -2.47. The van der Waals surface area contributed by atoms with E-state index in [1.54, 1.807) is 23.3 Å². The minimum absolute atomic E-state index is 0.136. The van der Waals surface area contributed by atoms with Gasteiger partial charge in [-0.1, -0.05) is 12.1 Å². The number of ether oxygens (including phenoxy) is 1. The first-order valence-corrected chi connectivity index (χ1v) is 9.60. The zero-order valence-corrected chi connectivity index (χ0v) is 15.9.